The van der Waals surface area contributed by atoms with Crippen molar-refractivity contribution in [2.75, 3.05) is 19.6 Å². The molecule has 7 heteroatoms. The van der Waals surface area contributed by atoms with E-state index in [1.807, 2.05) is 6.92 Å². The number of carbonyl (C=O) groups is 1. The molecule has 0 radical (unpaired) electrons. The number of amides is 1. The van der Waals surface area contributed by atoms with E-state index in [1.165, 1.54) is 12.5 Å². The lowest BCUT2D eigenvalue weighted by atomic mass is 10.4. The molecule has 1 rings (SSSR count). The Labute approximate surface area is 105 Å². The first-order chi connectivity index (χ1) is 7.25. The van der Waals surface area contributed by atoms with Crippen molar-refractivity contribution in [2.24, 2.45) is 0 Å². The lowest BCUT2D eigenvalue weighted by Gasteiger charge is -2.05. The molecule has 1 aromatic heterocycles. The molecule has 0 atom stereocenters. The molecule has 0 aliphatic rings. The van der Waals surface area contributed by atoms with E-state index in [0.717, 1.165) is 13.1 Å². The van der Waals surface area contributed by atoms with E-state index in [2.05, 4.69) is 20.6 Å². The van der Waals surface area contributed by atoms with E-state index in [-0.39, 0.29) is 29.0 Å². The number of aromatic nitrogens is 2. The summed E-state index contributed by atoms with van der Waals surface area (Å²) in [5.74, 6) is -0.277. The summed E-state index contributed by atoms with van der Waals surface area (Å²) < 4.78 is 0. The number of halogens is 2. The molecule has 0 bridgehead atoms. The molecule has 90 valence electrons. The molecular formula is C9H14Cl2N4O. The van der Waals surface area contributed by atoms with Crippen molar-refractivity contribution in [3.63, 3.8) is 0 Å². The highest BCUT2D eigenvalue weighted by atomic mass is 35.5. The molecule has 1 aromatic rings. The van der Waals surface area contributed by atoms with Gasteiger partial charge in [-0.3, -0.25) is 4.79 Å². The van der Waals surface area contributed by atoms with Crippen LogP contribution in [-0.4, -0.2) is 35.5 Å². The summed E-state index contributed by atoms with van der Waals surface area (Å²) in [4.78, 5) is 19.0. The van der Waals surface area contributed by atoms with Crippen molar-refractivity contribution in [1.82, 2.24) is 20.6 Å². The van der Waals surface area contributed by atoms with Crippen molar-refractivity contribution in [3.05, 3.63) is 23.2 Å². The third kappa shape index (κ3) is 4.74. The first-order valence-electron chi connectivity index (χ1n) is 4.70. The maximum absolute atomic E-state index is 11.5. The van der Waals surface area contributed by atoms with Gasteiger partial charge in [0.25, 0.3) is 5.91 Å². The largest absolute Gasteiger partial charge is 0.349 e. The zero-order valence-electron chi connectivity index (χ0n) is 8.86. The van der Waals surface area contributed by atoms with Crippen molar-refractivity contribution in [2.45, 2.75) is 6.92 Å². The maximum Gasteiger partial charge on any atom is 0.271 e. The first kappa shape index (κ1) is 15.1. The summed E-state index contributed by atoms with van der Waals surface area (Å²) in [5.41, 5.74) is 0.211. The van der Waals surface area contributed by atoms with E-state index < -0.39 is 0 Å². The average molecular weight is 265 g/mol. The molecular weight excluding hydrogens is 251 g/mol. The fourth-order valence-electron chi connectivity index (χ4n) is 1.00. The van der Waals surface area contributed by atoms with Gasteiger partial charge < -0.3 is 10.6 Å². The third-order valence-electron chi connectivity index (χ3n) is 1.72. The van der Waals surface area contributed by atoms with Gasteiger partial charge in [-0.15, -0.1) is 12.4 Å². The van der Waals surface area contributed by atoms with Crippen LogP contribution in [0.25, 0.3) is 0 Å². The number of likely N-dealkylation sites (N-methyl/N-ethyl adjacent to an activating group) is 1. The Morgan fingerprint density at radius 1 is 1.50 bits per heavy atom. The van der Waals surface area contributed by atoms with E-state index in [0.29, 0.717) is 6.54 Å². The van der Waals surface area contributed by atoms with Crippen molar-refractivity contribution < 1.29 is 4.79 Å². The highest BCUT2D eigenvalue weighted by Gasteiger charge is 2.10. The van der Waals surface area contributed by atoms with E-state index in [4.69, 9.17) is 11.6 Å². The Balaban J connectivity index is 0.00000225. The smallest absolute Gasteiger partial charge is 0.271 e. The topological polar surface area (TPSA) is 66.9 Å². The highest BCUT2D eigenvalue weighted by molar-refractivity contribution is 6.33. The summed E-state index contributed by atoms with van der Waals surface area (Å²) in [7, 11) is 0. The van der Waals surface area contributed by atoms with Crippen LogP contribution in [0.4, 0.5) is 0 Å². The van der Waals surface area contributed by atoms with Gasteiger partial charge in [0.05, 0.1) is 5.02 Å². The quantitative estimate of drug-likeness (QED) is 0.776. The molecule has 2 N–H and O–H groups in total. The van der Waals surface area contributed by atoms with Crippen LogP contribution in [0.15, 0.2) is 12.5 Å². The van der Waals surface area contributed by atoms with E-state index in [9.17, 15) is 4.79 Å². The van der Waals surface area contributed by atoms with E-state index >= 15 is 0 Å². The minimum atomic E-state index is -0.277. The van der Waals surface area contributed by atoms with Crippen LogP contribution < -0.4 is 10.6 Å². The summed E-state index contributed by atoms with van der Waals surface area (Å²) in [6.45, 7) is 4.16. The van der Waals surface area contributed by atoms with Crippen LogP contribution in [0.2, 0.25) is 5.02 Å². The third-order valence-corrected chi connectivity index (χ3v) is 2.00. The first-order valence-corrected chi connectivity index (χ1v) is 5.08. The minimum absolute atomic E-state index is 0. The molecule has 0 aliphatic carbocycles. The fraction of sp³-hybridized carbons (Fsp3) is 0.444. The number of rotatable bonds is 5. The van der Waals surface area contributed by atoms with Crippen molar-refractivity contribution in [1.29, 1.82) is 0 Å². The Morgan fingerprint density at radius 3 is 2.88 bits per heavy atom. The van der Waals surface area contributed by atoms with Gasteiger partial charge in [-0.05, 0) is 6.54 Å². The summed E-state index contributed by atoms with van der Waals surface area (Å²) >= 11 is 5.76. The number of hydrogen-bond acceptors (Lipinski definition) is 4. The second-order valence-corrected chi connectivity index (χ2v) is 3.24. The van der Waals surface area contributed by atoms with Gasteiger partial charge in [0.2, 0.25) is 0 Å². The van der Waals surface area contributed by atoms with Gasteiger partial charge in [0, 0.05) is 19.3 Å². The molecule has 0 saturated heterocycles. The van der Waals surface area contributed by atoms with E-state index in [1.54, 1.807) is 0 Å². The standard InChI is InChI=1S/C9H13ClN4O.ClH/c1-2-11-3-4-13-9(15)8-7(10)5-12-6-14-8;/h5-6,11H,2-4H2,1H3,(H,13,15);1H. The Kier molecular flexibility index (Phi) is 7.80. The predicted molar refractivity (Wildman–Crippen MR) is 65.2 cm³/mol. The Bertz CT molecular complexity index is 335. The van der Waals surface area contributed by atoms with Crippen LogP contribution >= 0.6 is 24.0 Å². The number of hydrogen-bond donors (Lipinski definition) is 2. The summed E-state index contributed by atoms with van der Waals surface area (Å²) in [6, 6.07) is 0. The lowest BCUT2D eigenvalue weighted by Crippen LogP contribution is -2.32. The van der Waals surface area contributed by atoms with Crippen LogP contribution in [0, 0.1) is 0 Å². The van der Waals surface area contributed by atoms with Crippen LogP contribution in [-0.2, 0) is 0 Å². The fourth-order valence-corrected chi connectivity index (χ4v) is 1.20. The predicted octanol–water partition coefficient (Wildman–Crippen LogP) is 0.891. The summed E-state index contributed by atoms with van der Waals surface area (Å²) in [5, 5.41) is 6.05. The normalized spacial score (nSPS) is 9.38. The molecule has 1 heterocycles. The summed E-state index contributed by atoms with van der Waals surface area (Å²) in [6.07, 6.45) is 2.69. The SMILES string of the molecule is CCNCCNC(=O)c1ncncc1Cl.Cl. The second kappa shape index (κ2) is 8.27. The molecule has 16 heavy (non-hydrogen) atoms. The molecule has 0 aliphatic heterocycles. The minimum Gasteiger partial charge on any atom is -0.349 e. The lowest BCUT2D eigenvalue weighted by molar-refractivity contribution is 0.0949. The monoisotopic (exact) mass is 264 g/mol. The van der Waals surface area contributed by atoms with Crippen molar-refractivity contribution >= 4 is 29.9 Å². The van der Waals surface area contributed by atoms with Crippen LogP contribution in [0.5, 0.6) is 0 Å². The number of nitrogens with one attached hydrogen (secondary N) is 2. The van der Waals surface area contributed by atoms with Gasteiger partial charge in [-0.2, -0.15) is 0 Å². The molecule has 1 amide bonds. The molecule has 0 unspecified atom stereocenters. The van der Waals surface area contributed by atoms with Gasteiger partial charge in [0.15, 0.2) is 0 Å². The molecule has 0 spiro atoms. The zero-order chi connectivity index (χ0) is 11.1. The number of nitrogens with zero attached hydrogens (tertiary/aromatic N) is 2. The Morgan fingerprint density at radius 2 is 2.25 bits per heavy atom. The highest BCUT2D eigenvalue weighted by Crippen LogP contribution is 2.09. The van der Waals surface area contributed by atoms with Crippen LogP contribution in [0.1, 0.15) is 17.4 Å². The van der Waals surface area contributed by atoms with Gasteiger partial charge in [-0.1, -0.05) is 18.5 Å². The molecule has 5 nitrogen and oxygen atoms in total. The maximum atomic E-state index is 11.5. The Hall–Kier alpha value is -0.910. The average Bonchev–Trinajstić information content (AvgIpc) is 2.25. The van der Waals surface area contributed by atoms with Gasteiger partial charge in [0.1, 0.15) is 12.0 Å². The molecule has 0 saturated carbocycles. The van der Waals surface area contributed by atoms with Crippen LogP contribution in [0.3, 0.4) is 0 Å². The van der Waals surface area contributed by atoms with Gasteiger partial charge in [-0.25, -0.2) is 9.97 Å². The number of carbonyl (C=O) groups excluding carboxylic acids is 1. The van der Waals surface area contributed by atoms with Gasteiger partial charge >= 0.3 is 0 Å². The second-order valence-electron chi connectivity index (χ2n) is 2.83. The van der Waals surface area contributed by atoms with Crippen molar-refractivity contribution in [3.8, 4) is 0 Å². The molecule has 0 fully saturated rings. The molecule has 0 aromatic carbocycles. The zero-order valence-corrected chi connectivity index (χ0v) is 10.4.